The number of aromatic nitrogens is 1. The zero-order chi connectivity index (χ0) is 27.2. The maximum atomic E-state index is 13.4. The van der Waals surface area contributed by atoms with Crippen LogP contribution in [0.4, 0.5) is 5.69 Å². The molecule has 1 heterocycles. The van der Waals surface area contributed by atoms with E-state index in [4.69, 9.17) is 9.54 Å². The first-order valence-electron chi connectivity index (χ1n) is 11.7. The van der Waals surface area contributed by atoms with Crippen LogP contribution in [0.15, 0.2) is 60.0 Å². The van der Waals surface area contributed by atoms with Crippen molar-refractivity contribution in [3.05, 3.63) is 81.8 Å². The summed E-state index contributed by atoms with van der Waals surface area (Å²) in [6, 6.07) is 14.7. The van der Waals surface area contributed by atoms with Gasteiger partial charge in [0.25, 0.3) is 0 Å². The molecule has 37 heavy (non-hydrogen) atoms. The molecule has 0 aliphatic heterocycles. The lowest BCUT2D eigenvalue weighted by Gasteiger charge is -2.23. The number of carbonyl (C=O) groups excluding carboxylic acids is 2. The highest BCUT2D eigenvalue weighted by molar-refractivity contribution is 7.87. The molecule has 198 valence electrons. The van der Waals surface area contributed by atoms with Gasteiger partial charge in [-0.1, -0.05) is 63.2 Å². The van der Waals surface area contributed by atoms with Gasteiger partial charge in [0, 0.05) is 24.1 Å². The fourth-order valence-corrected chi connectivity index (χ4v) is 5.19. The van der Waals surface area contributed by atoms with E-state index >= 15 is 0 Å². The van der Waals surface area contributed by atoms with Gasteiger partial charge in [0.05, 0.1) is 17.4 Å². The predicted molar refractivity (Wildman–Crippen MR) is 145 cm³/mol. The molecule has 9 nitrogen and oxygen atoms in total. The average molecular weight is 545 g/mol. The Kier molecular flexibility index (Phi) is 9.06. The van der Waals surface area contributed by atoms with Gasteiger partial charge in [-0.2, -0.15) is 8.42 Å². The molecule has 3 rings (SSSR count). The van der Waals surface area contributed by atoms with Crippen LogP contribution in [0.2, 0.25) is 0 Å². The van der Waals surface area contributed by atoms with Crippen LogP contribution in [0.5, 0.6) is 0 Å². The molecule has 2 amide bonds. The molecule has 0 aliphatic carbocycles. The third kappa shape index (κ3) is 8.96. The van der Waals surface area contributed by atoms with Gasteiger partial charge in [-0.3, -0.25) is 18.9 Å². The highest BCUT2D eigenvalue weighted by Gasteiger charge is 2.27. The van der Waals surface area contributed by atoms with Crippen LogP contribution in [0.25, 0.3) is 0 Å². The first-order chi connectivity index (χ1) is 17.3. The molecule has 0 unspecified atom stereocenters. The summed E-state index contributed by atoms with van der Waals surface area (Å²) in [6.07, 6.45) is 0.715. The second-order valence-corrected chi connectivity index (χ2v) is 11.8. The van der Waals surface area contributed by atoms with E-state index in [1.165, 1.54) is 30.4 Å². The number of rotatable bonds is 10. The van der Waals surface area contributed by atoms with E-state index in [9.17, 15) is 18.0 Å². The summed E-state index contributed by atoms with van der Waals surface area (Å²) in [5.41, 5.74) is 2.68. The van der Waals surface area contributed by atoms with Crippen molar-refractivity contribution in [2.24, 2.45) is 0 Å². The van der Waals surface area contributed by atoms with Gasteiger partial charge in [0.2, 0.25) is 11.8 Å². The van der Waals surface area contributed by atoms with E-state index in [1.54, 1.807) is 12.1 Å². The Balaban J connectivity index is 1.86. The summed E-state index contributed by atoms with van der Waals surface area (Å²) in [5, 5.41) is 8.52. The summed E-state index contributed by atoms with van der Waals surface area (Å²) < 4.78 is 33.2. The summed E-state index contributed by atoms with van der Waals surface area (Å²) in [4.78, 5) is 30.1. The molecule has 2 aromatic carbocycles. The molecule has 0 aliphatic rings. The fourth-order valence-electron chi connectivity index (χ4n) is 3.66. The molecule has 3 aromatic rings. The van der Waals surface area contributed by atoms with E-state index in [-0.39, 0.29) is 22.9 Å². The molecule has 0 bridgehead atoms. The second kappa shape index (κ2) is 11.8. The van der Waals surface area contributed by atoms with Gasteiger partial charge in [0.15, 0.2) is 0 Å². The SMILES string of the molecule is CC(=O)N[C@@H](Cc1ccccc1)C(=O)N[C@@H](Cc1ccc(NS(=O)(=O)O)cc1)c1nc(C(C)(C)C)cs1. The van der Waals surface area contributed by atoms with Gasteiger partial charge >= 0.3 is 10.3 Å². The van der Waals surface area contributed by atoms with Crippen LogP contribution >= 0.6 is 11.3 Å². The third-order valence-electron chi connectivity index (χ3n) is 5.52. The van der Waals surface area contributed by atoms with Crippen molar-refractivity contribution < 1.29 is 22.6 Å². The van der Waals surface area contributed by atoms with Crippen molar-refractivity contribution in [3.8, 4) is 0 Å². The van der Waals surface area contributed by atoms with E-state index in [1.807, 2.05) is 40.4 Å². The van der Waals surface area contributed by atoms with Crippen LogP contribution in [0.1, 0.15) is 55.6 Å². The molecule has 0 spiro atoms. The zero-order valence-corrected chi connectivity index (χ0v) is 22.8. The topological polar surface area (TPSA) is 137 Å². The van der Waals surface area contributed by atoms with Crippen molar-refractivity contribution in [1.82, 2.24) is 15.6 Å². The van der Waals surface area contributed by atoms with Crippen molar-refractivity contribution in [1.29, 1.82) is 0 Å². The van der Waals surface area contributed by atoms with E-state index < -0.39 is 22.4 Å². The lowest BCUT2D eigenvalue weighted by molar-refractivity contribution is -0.128. The van der Waals surface area contributed by atoms with Gasteiger partial charge in [-0.25, -0.2) is 4.98 Å². The number of hydrogen-bond donors (Lipinski definition) is 4. The van der Waals surface area contributed by atoms with Crippen molar-refractivity contribution >= 4 is 39.1 Å². The van der Waals surface area contributed by atoms with E-state index in [0.717, 1.165) is 21.8 Å². The molecule has 1 aromatic heterocycles. The first kappa shape index (κ1) is 28.3. The molecule has 0 fully saturated rings. The minimum Gasteiger partial charge on any atom is -0.345 e. The Morgan fingerprint density at radius 3 is 2.14 bits per heavy atom. The Hall–Kier alpha value is -3.28. The van der Waals surface area contributed by atoms with Crippen LogP contribution in [-0.4, -0.2) is 35.8 Å². The van der Waals surface area contributed by atoms with Gasteiger partial charge in [0.1, 0.15) is 11.0 Å². The standard InChI is InChI=1S/C26H32N4O5S2/c1-17(31)27-21(14-18-8-6-5-7-9-18)24(32)28-22(25-29-23(16-36-25)26(2,3)4)15-19-10-12-20(13-11-19)30-37(33,34)35/h5-13,16,21-22,30H,14-15H2,1-4H3,(H,27,31)(H,28,32)(H,33,34,35)/t21-,22-/m0/s1. The van der Waals surface area contributed by atoms with E-state index in [0.29, 0.717) is 12.8 Å². The Bertz CT molecular complexity index is 1320. The second-order valence-electron chi connectivity index (χ2n) is 9.80. The molecule has 4 N–H and O–H groups in total. The Morgan fingerprint density at radius 1 is 0.973 bits per heavy atom. The zero-order valence-electron chi connectivity index (χ0n) is 21.2. The van der Waals surface area contributed by atoms with Crippen LogP contribution in [-0.2, 0) is 38.1 Å². The Morgan fingerprint density at radius 2 is 1.59 bits per heavy atom. The Labute approximate surface area is 221 Å². The highest BCUT2D eigenvalue weighted by Crippen LogP contribution is 2.29. The normalized spacial score (nSPS) is 13.4. The number of carbonyl (C=O) groups is 2. The smallest absolute Gasteiger partial charge is 0.345 e. The predicted octanol–water partition coefficient (Wildman–Crippen LogP) is 3.80. The number of hydrogen-bond acceptors (Lipinski definition) is 6. The lowest BCUT2D eigenvalue weighted by atomic mass is 9.93. The number of nitrogens with zero attached hydrogens (tertiary/aromatic N) is 1. The van der Waals surface area contributed by atoms with Gasteiger partial charge in [-0.05, 0) is 29.7 Å². The maximum absolute atomic E-state index is 13.4. The lowest BCUT2D eigenvalue weighted by Crippen LogP contribution is -2.48. The monoisotopic (exact) mass is 544 g/mol. The third-order valence-corrected chi connectivity index (χ3v) is 6.97. The van der Waals surface area contributed by atoms with Crippen LogP contribution in [0.3, 0.4) is 0 Å². The van der Waals surface area contributed by atoms with Crippen LogP contribution in [0, 0.1) is 0 Å². The number of anilines is 1. The quantitative estimate of drug-likeness (QED) is 0.287. The maximum Gasteiger partial charge on any atom is 0.357 e. The van der Waals surface area contributed by atoms with Crippen molar-refractivity contribution in [3.63, 3.8) is 0 Å². The highest BCUT2D eigenvalue weighted by atomic mass is 32.2. The molecular formula is C26H32N4O5S2. The molecule has 0 saturated carbocycles. The minimum atomic E-state index is -4.38. The van der Waals surface area contributed by atoms with Gasteiger partial charge < -0.3 is 10.6 Å². The number of nitrogens with one attached hydrogen (secondary N) is 3. The molecular weight excluding hydrogens is 512 g/mol. The summed E-state index contributed by atoms with van der Waals surface area (Å²) in [5.74, 6) is -0.639. The molecule has 0 radical (unpaired) electrons. The summed E-state index contributed by atoms with van der Waals surface area (Å²) >= 11 is 1.45. The molecule has 11 heteroatoms. The van der Waals surface area contributed by atoms with Crippen molar-refractivity contribution in [2.45, 2.75) is 58.0 Å². The van der Waals surface area contributed by atoms with Crippen LogP contribution < -0.4 is 15.4 Å². The summed E-state index contributed by atoms with van der Waals surface area (Å²) in [6.45, 7) is 7.56. The molecule has 2 atom stereocenters. The van der Waals surface area contributed by atoms with Crippen molar-refractivity contribution in [2.75, 3.05) is 4.72 Å². The fraction of sp³-hybridized carbons (Fsp3) is 0.346. The number of thiazole rings is 1. The minimum absolute atomic E-state index is 0.168. The average Bonchev–Trinajstić information content (AvgIpc) is 3.30. The molecule has 0 saturated heterocycles. The van der Waals surface area contributed by atoms with Gasteiger partial charge in [-0.15, -0.1) is 11.3 Å². The number of amides is 2. The summed E-state index contributed by atoms with van der Waals surface area (Å²) in [7, 11) is -4.38. The largest absolute Gasteiger partial charge is 0.357 e. The van der Waals surface area contributed by atoms with E-state index in [2.05, 4.69) is 31.4 Å². The number of benzene rings is 2. The first-order valence-corrected chi connectivity index (χ1v) is 14.0.